The van der Waals surface area contributed by atoms with E-state index in [0.29, 0.717) is 23.4 Å². The largest absolute Gasteiger partial charge is 0.497 e. The summed E-state index contributed by atoms with van der Waals surface area (Å²) < 4.78 is 31.3. The van der Waals surface area contributed by atoms with Crippen LogP contribution in [-0.4, -0.2) is 75.2 Å². The van der Waals surface area contributed by atoms with Crippen LogP contribution in [0, 0.1) is 0 Å². The molecule has 0 radical (unpaired) electrons. The number of ether oxygens (including phenoxy) is 2. The van der Waals surface area contributed by atoms with Crippen molar-refractivity contribution in [1.29, 1.82) is 0 Å². The zero-order chi connectivity index (χ0) is 22.3. The lowest BCUT2D eigenvalue weighted by Crippen LogP contribution is -2.37. The van der Waals surface area contributed by atoms with Crippen molar-refractivity contribution in [2.24, 2.45) is 0 Å². The van der Waals surface area contributed by atoms with Crippen LogP contribution in [0.3, 0.4) is 0 Å². The number of methoxy groups -OCH3 is 2. The number of likely N-dealkylation sites (N-methyl/N-ethyl adjacent to an activating group) is 1. The van der Waals surface area contributed by atoms with Gasteiger partial charge >= 0.3 is 13.6 Å². The first-order valence-electron chi connectivity index (χ1n) is 9.63. The smallest absolute Gasteiger partial charge is 0.373 e. The molecule has 2 atom stereocenters. The molecule has 2 unspecified atom stereocenters. The number of esters is 1. The Kier molecular flexibility index (Phi) is 9.25. The Morgan fingerprint density at radius 3 is 2.60 bits per heavy atom. The molecule has 168 valence electrons. The molecule has 0 aliphatic rings. The molecule has 0 amide bonds. The Morgan fingerprint density at radius 2 is 2.03 bits per heavy atom. The molecule has 0 aliphatic heterocycles. The molecule has 2 aromatic rings. The first-order valence-corrected chi connectivity index (χ1v) is 12.6. The highest BCUT2D eigenvalue weighted by Gasteiger charge is 2.33. The Morgan fingerprint density at radius 1 is 1.30 bits per heavy atom. The minimum absolute atomic E-state index is 0.469. The summed E-state index contributed by atoms with van der Waals surface area (Å²) in [5.74, 6) is 0.893. The van der Waals surface area contributed by atoms with Crippen molar-refractivity contribution < 1.29 is 23.4 Å². The molecule has 1 aromatic heterocycles. The SMILES string of the molecule is COC(=O)C(CCSC)NP(=O)(OC)n1cc(CCN(C)C)c2ccc(OC)cc21. The first-order chi connectivity index (χ1) is 14.3. The monoisotopic (exact) mass is 457 g/mol. The minimum Gasteiger partial charge on any atom is -0.497 e. The molecule has 0 saturated carbocycles. The van der Waals surface area contributed by atoms with Crippen molar-refractivity contribution in [3.8, 4) is 5.75 Å². The van der Waals surface area contributed by atoms with Gasteiger partial charge in [-0.15, -0.1) is 0 Å². The minimum atomic E-state index is -3.63. The summed E-state index contributed by atoms with van der Waals surface area (Å²) in [6.07, 6.45) is 5.04. The molecule has 0 aliphatic carbocycles. The van der Waals surface area contributed by atoms with E-state index in [0.717, 1.165) is 23.9 Å². The molecule has 10 heteroatoms. The first kappa shape index (κ1) is 24.8. The van der Waals surface area contributed by atoms with Gasteiger partial charge < -0.3 is 18.9 Å². The highest BCUT2D eigenvalue weighted by Crippen LogP contribution is 2.48. The normalized spacial score (nSPS) is 14.6. The second-order valence-corrected chi connectivity index (χ2v) is 10.2. The number of thioether (sulfide) groups is 1. The van der Waals surface area contributed by atoms with E-state index in [9.17, 15) is 9.36 Å². The molecule has 2 rings (SSSR count). The molecule has 1 N–H and O–H groups in total. The average Bonchev–Trinajstić information content (AvgIpc) is 3.12. The lowest BCUT2D eigenvalue weighted by Gasteiger charge is -2.24. The van der Waals surface area contributed by atoms with Crippen molar-refractivity contribution in [3.05, 3.63) is 30.0 Å². The van der Waals surface area contributed by atoms with E-state index in [-0.39, 0.29) is 0 Å². The maximum atomic E-state index is 13.9. The van der Waals surface area contributed by atoms with Crippen LogP contribution in [0.2, 0.25) is 0 Å². The van der Waals surface area contributed by atoms with Gasteiger partial charge in [0.15, 0.2) is 0 Å². The third kappa shape index (κ3) is 5.80. The van der Waals surface area contributed by atoms with Crippen molar-refractivity contribution in [2.45, 2.75) is 18.9 Å². The van der Waals surface area contributed by atoms with E-state index in [1.54, 1.807) is 23.2 Å². The van der Waals surface area contributed by atoms with E-state index in [1.165, 1.54) is 14.2 Å². The van der Waals surface area contributed by atoms with Gasteiger partial charge in [-0.3, -0.25) is 9.13 Å². The van der Waals surface area contributed by atoms with Gasteiger partial charge in [-0.25, -0.2) is 9.65 Å². The summed E-state index contributed by atoms with van der Waals surface area (Å²) in [5, 5.41) is 3.91. The van der Waals surface area contributed by atoms with E-state index in [1.807, 2.05) is 44.7 Å². The summed E-state index contributed by atoms with van der Waals surface area (Å²) in [4.78, 5) is 14.4. The fourth-order valence-electron chi connectivity index (χ4n) is 3.16. The third-order valence-electron chi connectivity index (χ3n) is 4.85. The van der Waals surface area contributed by atoms with Crippen LogP contribution >= 0.6 is 19.4 Å². The predicted octanol–water partition coefficient (Wildman–Crippen LogP) is 3.24. The van der Waals surface area contributed by atoms with Gasteiger partial charge in [-0.2, -0.15) is 11.8 Å². The topological polar surface area (TPSA) is 82.0 Å². The molecule has 1 aromatic carbocycles. The number of carbonyl (C=O) groups excluding carboxylic acids is 1. The maximum Gasteiger partial charge on any atom is 0.373 e. The van der Waals surface area contributed by atoms with E-state index >= 15 is 0 Å². The van der Waals surface area contributed by atoms with Crippen LogP contribution in [0.5, 0.6) is 5.75 Å². The number of hydrogen-bond donors (Lipinski definition) is 1. The van der Waals surface area contributed by atoms with Gasteiger partial charge in [0.1, 0.15) is 11.8 Å². The summed E-state index contributed by atoms with van der Waals surface area (Å²) in [7, 11) is 4.68. The van der Waals surface area contributed by atoms with Crippen LogP contribution in [0.15, 0.2) is 24.4 Å². The van der Waals surface area contributed by atoms with E-state index in [2.05, 4.69) is 9.99 Å². The molecule has 30 heavy (non-hydrogen) atoms. The predicted molar refractivity (Wildman–Crippen MR) is 123 cm³/mol. The number of nitrogens with one attached hydrogen (secondary N) is 1. The molecule has 0 bridgehead atoms. The summed E-state index contributed by atoms with van der Waals surface area (Å²) in [6, 6.07) is 4.92. The quantitative estimate of drug-likeness (QED) is 0.384. The lowest BCUT2D eigenvalue weighted by molar-refractivity contribution is -0.142. The Balaban J connectivity index is 2.54. The molecular formula is C20H32N3O5PS. The van der Waals surface area contributed by atoms with Crippen molar-refractivity contribution in [3.63, 3.8) is 0 Å². The highest BCUT2D eigenvalue weighted by atomic mass is 32.2. The van der Waals surface area contributed by atoms with E-state index in [4.69, 9.17) is 14.0 Å². The van der Waals surface area contributed by atoms with Crippen LogP contribution in [0.25, 0.3) is 10.9 Å². The second kappa shape index (κ2) is 11.2. The van der Waals surface area contributed by atoms with Crippen LogP contribution in [0.4, 0.5) is 0 Å². The zero-order valence-electron chi connectivity index (χ0n) is 18.5. The number of aromatic nitrogens is 1. The Hall–Kier alpha value is -1.51. The highest BCUT2D eigenvalue weighted by molar-refractivity contribution is 7.98. The van der Waals surface area contributed by atoms with Gasteiger partial charge in [0.05, 0.1) is 19.7 Å². The summed E-state index contributed by atoms with van der Waals surface area (Å²) >= 11 is 1.60. The van der Waals surface area contributed by atoms with Crippen LogP contribution in [-0.2, 0) is 25.0 Å². The number of benzene rings is 1. The van der Waals surface area contributed by atoms with Gasteiger partial charge in [0, 0.05) is 31.3 Å². The fourth-order valence-corrected chi connectivity index (χ4v) is 5.41. The van der Waals surface area contributed by atoms with Crippen LogP contribution in [0.1, 0.15) is 12.0 Å². The number of fused-ring (bicyclic) bond motifs is 1. The van der Waals surface area contributed by atoms with Crippen molar-refractivity contribution in [1.82, 2.24) is 14.3 Å². The average molecular weight is 458 g/mol. The van der Waals surface area contributed by atoms with Gasteiger partial charge in [0.25, 0.3) is 0 Å². The lowest BCUT2D eigenvalue weighted by atomic mass is 10.1. The molecule has 8 nitrogen and oxygen atoms in total. The van der Waals surface area contributed by atoms with Crippen LogP contribution < -0.4 is 9.82 Å². The maximum absolute atomic E-state index is 13.9. The number of hydrogen-bond acceptors (Lipinski definition) is 7. The fraction of sp³-hybridized carbons (Fsp3) is 0.550. The van der Waals surface area contributed by atoms with Crippen molar-refractivity contribution >= 4 is 36.3 Å². The number of carbonyl (C=O) groups is 1. The van der Waals surface area contributed by atoms with Crippen molar-refractivity contribution in [2.75, 3.05) is 54.0 Å². The molecule has 1 heterocycles. The second-order valence-electron chi connectivity index (χ2n) is 7.12. The number of rotatable bonds is 12. The molecule has 0 spiro atoms. The zero-order valence-corrected chi connectivity index (χ0v) is 20.2. The Labute approximate surface area is 182 Å². The Bertz CT molecular complexity index is 902. The summed E-state index contributed by atoms with van der Waals surface area (Å²) in [5.41, 5.74) is 1.76. The standard InChI is InChI=1S/C20H32N3O5PS/c1-22(2)11-9-15-14-23(19-13-16(26-3)7-8-17(15)19)29(25,28-5)21-18(10-12-30-6)20(24)27-4/h7-8,13-14,18H,9-12H2,1-6H3,(H,21,25). The van der Waals surface area contributed by atoms with Gasteiger partial charge in [0.2, 0.25) is 0 Å². The summed E-state index contributed by atoms with van der Waals surface area (Å²) in [6.45, 7) is 0.842. The molecular weight excluding hydrogens is 425 g/mol. The number of nitrogens with zero attached hydrogens (tertiary/aromatic N) is 2. The third-order valence-corrected chi connectivity index (χ3v) is 7.53. The van der Waals surface area contributed by atoms with Gasteiger partial charge in [-0.05, 0) is 56.6 Å². The van der Waals surface area contributed by atoms with E-state index < -0.39 is 19.7 Å². The van der Waals surface area contributed by atoms with Gasteiger partial charge in [-0.1, -0.05) is 0 Å². The molecule has 0 saturated heterocycles. The molecule has 0 fully saturated rings.